The zero-order valence-corrected chi connectivity index (χ0v) is 14.4. The molecular weight excluding hydrogens is 292 g/mol. The van der Waals surface area contributed by atoms with Crippen LogP contribution in [-0.2, 0) is 6.54 Å². The summed E-state index contributed by atoms with van der Waals surface area (Å²) in [4.78, 5) is 26.2. The van der Waals surface area contributed by atoms with Crippen LogP contribution in [0.3, 0.4) is 0 Å². The highest BCUT2D eigenvalue weighted by molar-refractivity contribution is 5.91. The van der Waals surface area contributed by atoms with Crippen molar-refractivity contribution in [3.8, 4) is 0 Å². The zero-order valence-electron chi connectivity index (χ0n) is 14.4. The molecule has 0 saturated carbocycles. The molecule has 1 aliphatic heterocycles. The minimum atomic E-state index is -0.215. The van der Waals surface area contributed by atoms with Crippen LogP contribution in [0, 0.1) is 11.8 Å². The molecule has 1 aliphatic rings. The first-order valence-electron chi connectivity index (χ1n) is 8.58. The van der Waals surface area contributed by atoms with Gasteiger partial charge in [0.15, 0.2) is 0 Å². The van der Waals surface area contributed by atoms with Crippen molar-refractivity contribution in [2.24, 2.45) is 11.8 Å². The van der Waals surface area contributed by atoms with Crippen LogP contribution in [0.1, 0.15) is 44.1 Å². The third kappa shape index (κ3) is 5.16. The normalized spacial score (nSPS) is 22.0. The van der Waals surface area contributed by atoms with E-state index in [1.54, 1.807) is 0 Å². The van der Waals surface area contributed by atoms with Crippen molar-refractivity contribution in [1.29, 1.82) is 0 Å². The van der Waals surface area contributed by atoms with Gasteiger partial charge in [-0.3, -0.25) is 9.59 Å². The van der Waals surface area contributed by atoms with Gasteiger partial charge in [0.2, 0.25) is 0 Å². The molecule has 1 saturated heterocycles. The molecule has 2 heterocycles. The molecule has 1 amide bonds. The number of carbonyl (C=O) groups excluding carboxylic acids is 1. The molecule has 0 unspecified atom stereocenters. The number of amides is 1. The van der Waals surface area contributed by atoms with Crippen molar-refractivity contribution in [2.75, 3.05) is 26.2 Å². The van der Waals surface area contributed by atoms with Gasteiger partial charge in [-0.25, -0.2) is 4.68 Å². The molecule has 2 atom stereocenters. The molecule has 2 rings (SSSR count). The maximum Gasteiger partial charge on any atom is 0.271 e. The van der Waals surface area contributed by atoms with Gasteiger partial charge in [0, 0.05) is 38.8 Å². The van der Waals surface area contributed by atoms with Crippen LogP contribution in [0.4, 0.5) is 0 Å². The molecule has 23 heavy (non-hydrogen) atoms. The predicted molar refractivity (Wildman–Crippen MR) is 90.5 cm³/mol. The van der Waals surface area contributed by atoms with E-state index >= 15 is 0 Å². The number of hydrogen-bond donors (Lipinski definition) is 1. The van der Waals surface area contributed by atoms with E-state index in [0.717, 1.165) is 26.1 Å². The Morgan fingerprint density at radius 2 is 1.96 bits per heavy atom. The predicted octanol–water partition coefficient (Wildman–Crippen LogP) is 1.36. The fourth-order valence-electron chi connectivity index (χ4n) is 3.33. The Morgan fingerprint density at radius 3 is 2.61 bits per heavy atom. The van der Waals surface area contributed by atoms with E-state index in [0.29, 0.717) is 30.6 Å². The van der Waals surface area contributed by atoms with E-state index in [-0.39, 0.29) is 11.5 Å². The molecule has 0 aliphatic carbocycles. The van der Waals surface area contributed by atoms with E-state index in [4.69, 9.17) is 0 Å². The van der Waals surface area contributed by atoms with E-state index in [9.17, 15) is 9.59 Å². The molecule has 128 valence electrons. The van der Waals surface area contributed by atoms with E-state index in [1.807, 2.05) is 6.92 Å². The standard InChI is InChI=1S/C17H28N4O2/c1-4-8-21-16(22)6-5-15(19-21)17(23)18-7-9-20-11-13(2)10-14(3)12-20/h5-6,13-14H,4,7-12H2,1-3H3,(H,18,23)/t13-,14-/m0/s1. The van der Waals surface area contributed by atoms with Crippen LogP contribution < -0.4 is 10.9 Å². The Bertz CT molecular complexity index is 574. The minimum absolute atomic E-state index is 0.167. The lowest BCUT2D eigenvalue weighted by Crippen LogP contribution is -2.43. The van der Waals surface area contributed by atoms with Crippen LogP contribution in [0.2, 0.25) is 0 Å². The summed E-state index contributed by atoms with van der Waals surface area (Å²) >= 11 is 0. The summed E-state index contributed by atoms with van der Waals surface area (Å²) in [5, 5.41) is 7.04. The SMILES string of the molecule is CCCn1nc(C(=O)NCCN2C[C@@H](C)C[C@H](C)C2)ccc1=O. The molecule has 1 fully saturated rings. The van der Waals surface area contributed by atoms with Gasteiger partial charge in [-0.2, -0.15) is 5.10 Å². The van der Waals surface area contributed by atoms with Crippen LogP contribution in [0.25, 0.3) is 0 Å². The first kappa shape index (κ1) is 17.7. The maximum absolute atomic E-state index is 12.2. The second kappa shape index (κ2) is 8.24. The molecule has 1 N–H and O–H groups in total. The largest absolute Gasteiger partial charge is 0.349 e. The molecule has 1 aromatic heterocycles. The summed E-state index contributed by atoms with van der Waals surface area (Å²) in [6.07, 6.45) is 2.09. The lowest BCUT2D eigenvalue weighted by Gasteiger charge is -2.34. The molecule has 6 nitrogen and oxygen atoms in total. The number of nitrogens with one attached hydrogen (secondary N) is 1. The zero-order chi connectivity index (χ0) is 16.8. The Balaban J connectivity index is 1.85. The summed E-state index contributed by atoms with van der Waals surface area (Å²) in [5.41, 5.74) is 0.137. The van der Waals surface area contributed by atoms with Gasteiger partial charge in [0.05, 0.1) is 0 Å². The quantitative estimate of drug-likeness (QED) is 0.859. The van der Waals surface area contributed by atoms with Crippen molar-refractivity contribution in [3.05, 3.63) is 28.2 Å². The van der Waals surface area contributed by atoms with Gasteiger partial charge in [-0.05, 0) is 30.7 Å². The number of aryl methyl sites for hydroxylation is 1. The molecule has 0 aromatic carbocycles. The Kier molecular flexibility index (Phi) is 6.33. The number of nitrogens with zero attached hydrogens (tertiary/aromatic N) is 3. The second-order valence-electron chi connectivity index (χ2n) is 6.74. The summed E-state index contributed by atoms with van der Waals surface area (Å²) in [7, 11) is 0. The highest BCUT2D eigenvalue weighted by atomic mass is 16.2. The number of carbonyl (C=O) groups is 1. The fraction of sp³-hybridized carbons (Fsp3) is 0.706. The van der Waals surface area contributed by atoms with Crippen molar-refractivity contribution < 1.29 is 4.79 Å². The number of hydrogen-bond acceptors (Lipinski definition) is 4. The third-order valence-electron chi connectivity index (χ3n) is 4.19. The number of rotatable bonds is 6. The fourth-order valence-corrected chi connectivity index (χ4v) is 3.33. The van der Waals surface area contributed by atoms with E-state index in [2.05, 4.69) is 29.2 Å². The monoisotopic (exact) mass is 320 g/mol. The summed E-state index contributed by atoms with van der Waals surface area (Å²) < 4.78 is 1.35. The summed E-state index contributed by atoms with van der Waals surface area (Å²) in [5.74, 6) is 1.22. The molecule has 0 spiro atoms. The Labute approximate surface area is 137 Å². The molecule has 0 bridgehead atoms. The third-order valence-corrected chi connectivity index (χ3v) is 4.19. The second-order valence-corrected chi connectivity index (χ2v) is 6.74. The van der Waals surface area contributed by atoms with Crippen LogP contribution >= 0.6 is 0 Å². The van der Waals surface area contributed by atoms with Crippen molar-refractivity contribution in [1.82, 2.24) is 20.0 Å². The first-order chi connectivity index (χ1) is 11.0. The highest BCUT2D eigenvalue weighted by Gasteiger charge is 2.21. The number of likely N-dealkylation sites (tertiary alicyclic amines) is 1. The first-order valence-corrected chi connectivity index (χ1v) is 8.58. The topological polar surface area (TPSA) is 67.2 Å². The van der Waals surface area contributed by atoms with Crippen LogP contribution in [0.5, 0.6) is 0 Å². The van der Waals surface area contributed by atoms with Gasteiger partial charge < -0.3 is 10.2 Å². The van der Waals surface area contributed by atoms with Gasteiger partial charge >= 0.3 is 0 Å². The minimum Gasteiger partial charge on any atom is -0.349 e. The lowest BCUT2D eigenvalue weighted by atomic mass is 9.92. The Hall–Kier alpha value is -1.69. The summed E-state index contributed by atoms with van der Waals surface area (Å²) in [6.45, 7) is 10.7. The van der Waals surface area contributed by atoms with E-state index in [1.165, 1.54) is 23.2 Å². The Morgan fingerprint density at radius 1 is 1.26 bits per heavy atom. The maximum atomic E-state index is 12.2. The van der Waals surface area contributed by atoms with Crippen molar-refractivity contribution in [3.63, 3.8) is 0 Å². The van der Waals surface area contributed by atoms with Gasteiger partial charge in [-0.15, -0.1) is 0 Å². The summed E-state index contributed by atoms with van der Waals surface area (Å²) in [6, 6.07) is 2.90. The van der Waals surface area contributed by atoms with Gasteiger partial charge in [-0.1, -0.05) is 20.8 Å². The molecule has 1 aromatic rings. The van der Waals surface area contributed by atoms with Crippen LogP contribution in [-0.4, -0.2) is 46.8 Å². The van der Waals surface area contributed by atoms with Gasteiger partial charge in [0.25, 0.3) is 11.5 Å². The van der Waals surface area contributed by atoms with Crippen molar-refractivity contribution >= 4 is 5.91 Å². The molecule has 0 radical (unpaired) electrons. The highest BCUT2D eigenvalue weighted by Crippen LogP contribution is 2.20. The lowest BCUT2D eigenvalue weighted by molar-refractivity contribution is 0.0929. The van der Waals surface area contributed by atoms with Gasteiger partial charge in [0.1, 0.15) is 5.69 Å². The van der Waals surface area contributed by atoms with Crippen LogP contribution in [0.15, 0.2) is 16.9 Å². The average Bonchev–Trinajstić information content (AvgIpc) is 2.48. The smallest absolute Gasteiger partial charge is 0.271 e. The number of aromatic nitrogens is 2. The molecule has 6 heteroatoms. The average molecular weight is 320 g/mol. The molecular formula is C17H28N4O2. The number of piperidine rings is 1. The van der Waals surface area contributed by atoms with E-state index < -0.39 is 0 Å². The van der Waals surface area contributed by atoms with Crippen molar-refractivity contribution in [2.45, 2.75) is 40.2 Å².